The van der Waals surface area contributed by atoms with Crippen LogP contribution in [-0.4, -0.2) is 30.2 Å². The van der Waals surface area contributed by atoms with E-state index in [0.717, 1.165) is 63.2 Å². The van der Waals surface area contributed by atoms with Gasteiger partial charge in [0.1, 0.15) is 0 Å². The van der Waals surface area contributed by atoms with Crippen molar-refractivity contribution < 1.29 is 14.4 Å². The first-order chi connectivity index (χ1) is 16.4. The molecule has 2 aromatic rings. The highest BCUT2D eigenvalue weighted by molar-refractivity contribution is 6.19. The highest BCUT2D eigenvalue weighted by atomic mass is 16.2. The molecule has 4 rings (SSSR count). The minimum atomic E-state index is -0.193. The van der Waals surface area contributed by atoms with Crippen molar-refractivity contribution in [2.45, 2.75) is 77.3 Å². The van der Waals surface area contributed by atoms with Crippen LogP contribution >= 0.6 is 0 Å². The van der Waals surface area contributed by atoms with E-state index in [9.17, 15) is 14.4 Å². The molecule has 0 radical (unpaired) electrons. The van der Waals surface area contributed by atoms with E-state index in [1.807, 2.05) is 0 Å². The number of hydrogen-bond donors (Lipinski definition) is 2. The molecule has 0 saturated heterocycles. The number of nitrogens with one attached hydrogen (secondary N) is 2. The van der Waals surface area contributed by atoms with E-state index in [1.165, 1.54) is 0 Å². The molecule has 0 heterocycles. The largest absolute Gasteiger partial charge is 0.349 e. The molecule has 5 heteroatoms. The van der Waals surface area contributed by atoms with Crippen LogP contribution in [0.1, 0.15) is 102 Å². The van der Waals surface area contributed by atoms with E-state index >= 15 is 0 Å². The number of carbonyl (C=O) groups excluding carboxylic acids is 3. The topological polar surface area (TPSA) is 75.3 Å². The summed E-state index contributed by atoms with van der Waals surface area (Å²) >= 11 is 0. The Kier molecular flexibility index (Phi) is 7.50. The molecule has 2 aliphatic rings. The minimum Gasteiger partial charge on any atom is -0.349 e. The molecule has 180 valence electrons. The maximum atomic E-state index is 13.4. The summed E-state index contributed by atoms with van der Waals surface area (Å²) in [6, 6.07) is 7.20. The summed E-state index contributed by atoms with van der Waals surface area (Å²) in [6.45, 7) is 8.41. The Hall–Kier alpha value is -2.95. The maximum Gasteiger partial charge on any atom is 0.252 e. The molecular formula is C29H36N2O3. The molecule has 0 spiro atoms. The van der Waals surface area contributed by atoms with Crippen LogP contribution in [0.25, 0.3) is 16.8 Å². The van der Waals surface area contributed by atoms with Gasteiger partial charge >= 0.3 is 0 Å². The number of carbonyl (C=O) groups is 3. The van der Waals surface area contributed by atoms with Crippen LogP contribution < -0.4 is 10.6 Å². The molecule has 2 N–H and O–H groups in total. The molecule has 0 aromatic heterocycles. The standard InChI is InChI=1S/C29H36N2O3/c1-4-20-9-10-21(17-32)27-25(29(34)31-23-13-7-19(3)8-14-23)16-15-24(26(20)27)28(33)30-22-11-5-18(2)6-12-22/h4,9-10,15-19,22-23H,1,5-8,11-14H2,2-3H3,(H,30,33)(H,31,34). The average Bonchev–Trinajstić information content (AvgIpc) is 2.85. The Morgan fingerprint density at radius 3 is 1.56 bits per heavy atom. The molecule has 2 amide bonds. The fraction of sp³-hybridized carbons (Fsp3) is 0.483. The van der Waals surface area contributed by atoms with E-state index in [-0.39, 0.29) is 23.9 Å². The zero-order valence-electron chi connectivity index (χ0n) is 20.4. The third-order valence-corrected chi connectivity index (χ3v) is 7.76. The Balaban J connectivity index is 1.71. The van der Waals surface area contributed by atoms with Crippen molar-refractivity contribution in [3.8, 4) is 0 Å². The van der Waals surface area contributed by atoms with Crippen molar-refractivity contribution in [3.05, 3.63) is 53.1 Å². The Labute approximate surface area is 202 Å². The lowest BCUT2D eigenvalue weighted by Crippen LogP contribution is -2.38. The molecule has 0 unspecified atom stereocenters. The molecule has 34 heavy (non-hydrogen) atoms. The fourth-order valence-corrected chi connectivity index (χ4v) is 5.53. The van der Waals surface area contributed by atoms with Crippen LogP contribution in [0.5, 0.6) is 0 Å². The molecule has 2 aromatic carbocycles. The highest BCUT2D eigenvalue weighted by Gasteiger charge is 2.26. The number of benzene rings is 2. The summed E-state index contributed by atoms with van der Waals surface area (Å²) in [6.07, 6.45) is 10.7. The first kappa shape index (κ1) is 24.2. The summed E-state index contributed by atoms with van der Waals surface area (Å²) in [7, 11) is 0. The van der Waals surface area contributed by atoms with E-state index in [4.69, 9.17) is 0 Å². The van der Waals surface area contributed by atoms with Gasteiger partial charge in [0.2, 0.25) is 0 Å². The van der Waals surface area contributed by atoms with Gasteiger partial charge in [0.05, 0.1) is 0 Å². The van der Waals surface area contributed by atoms with Crippen LogP contribution in [0.3, 0.4) is 0 Å². The van der Waals surface area contributed by atoms with Crippen LogP contribution in [0.4, 0.5) is 0 Å². The average molecular weight is 461 g/mol. The van der Waals surface area contributed by atoms with Gasteiger partial charge in [-0.15, -0.1) is 0 Å². The Bertz CT molecular complexity index is 1000. The lowest BCUT2D eigenvalue weighted by Gasteiger charge is -2.28. The second kappa shape index (κ2) is 10.5. The molecule has 5 nitrogen and oxygen atoms in total. The van der Waals surface area contributed by atoms with Crippen molar-refractivity contribution in [3.63, 3.8) is 0 Å². The molecule has 0 aliphatic heterocycles. The Morgan fingerprint density at radius 2 is 1.15 bits per heavy atom. The van der Waals surface area contributed by atoms with Crippen LogP contribution in [0, 0.1) is 11.8 Å². The van der Waals surface area contributed by atoms with Crippen molar-refractivity contribution in [1.29, 1.82) is 0 Å². The van der Waals surface area contributed by atoms with Gasteiger partial charge in [-0.2, -0.15) is 0 Å². The second-order valence-corrected chi connectivity index (χ2v) is 10.3. The molecule has 2 saturated carbocycles. The predicted octanol–water partition coefficient (Wildman–Crippen LogP) is 5.91. The van der Waals surface area contributed by atoms with Gasteiger partial charge in [-0.3, -0.25) is 14.4 Å². The summed E-state index contributed by atoms with van der Waals surface area (Å²) in [4.78, 5) is 38.7. The van der Waals surface area contributed by atoms with E-state index in [1.54, 1.807) is 30.3 Å². The lowest BCUT2D eigenvalue weighted by molar-refractivity contribution is 0.0913. The van der Waals surface area contributed by atoms with Gasteiger partial charge in [0.15, 0.2) is 6.29 Å². The van der Waals surface area contributed by atoms with Crippen molar-refractivity contribution >= 4 is 34.9 Å². The maximum absolute atomic E-state index is 13.4. The second-order valence-electron chi connectivity index (χ2n) is 10.3. The van der Waals surface area contributed by atoms with Gasteiger partial charge in [0, 0.05) is 39.5 Å². The number of amides is 2. The number of hydrogen-bond acceptors (Lipinski definition) is 3. The molecular weight excluding hydrogens is 424 g/mol. The van der Waals surface area contributed by atoms with E-state index < -0.39 is 0 Å². The Morgan fingerprint density at radius 1 is 0.735 bits per heavy atom. The quantitative estimate of drug-likeness (QED) is 0.526. The van der Waals surface area contributed by atoms with Crippen molar-refractivity contribution in [1.82, 2.24) is 10.6 Å². The van der Waals surface area contributed by atoms with Crippen molar-refractivity contribution in [2.75, 3.05) is 0 Å². The summed E-state index contributed by atoms with van der Waals surface area (Å²) in [5.74, 6) is 1.03. The molecule has 2 aliphatic carbocycles. The predicted molar refractivity (Wildman–Crippen MR) is 137 cm³/mol. The first-order valence-corrected chi connectivity index (χ1v) is 12.7. The summed E-state index contributed by atoms with van der Waals surface area (Å²) in [5, 5.41) is 7.51. The molecule has 0 bridgehead atoms. The summed E-state index contributed by atoms with van der Waals surface area (Å²) in [5.41, 5.74) is 2.06. The summed E-state index contributed by atoms with van der Waals surface area (Å²) < 4.78 is 0. The number of fused-ring (bicyclic) bond motifs is 1. The van der Waals surface area contributed by atoms with E-state index in [0.29, 0.717) is 39.3 Å². The van der Waals surface area contributed by atoms with Gasteiger partial charge < -0.3 is 10.6 Å². The normalized spacial score (nSPS) is 24.9. The van der Waals surface area contributed by atoms with Gasteiger partial charge in [-0.1, -0.05) is 38.6 Å². The third-order valence-electron chi connectivity index (χ3n) is 7.76. The lowest BCUT2D eigenvalue weighted by atomic mass is 9.86. The fourth-order valence-electron chi connectivity index (χ4n) is 5.53. The van der Waals surface area contributed by atoms with Gasteiger partial charge in [-0.05, 0) is 80.9 Å². The van der Waals surface area contributed by atoms with Gasteiger partial charge in [-0.25, -0.2) is 0 Å². The number of rotatable bonds is 6. The zero-order valence-corrected chi connectivity index (χ0v) is 20.4. The SMILES string of the molecule is C=Cc1ccc(C=O)c2c(C(=O)NC3CCC(C)CC3)ccc(C(=O)NC3CCC(C)CC3)c12. The first-order valence-electron chi connectivity index (χ1n) is 12.7. The molecule has 2 fully saturated rings. The third kappa shape index (κ3) is 5.08. The van der Waals surface area contributed by atoms with E-state index in [2.05, 4.69) is 31.1 Å². The van der Waals surface area contributed by atoms with Crippen LogP contribution in [0.15, 0.2) is 30.8 Å². The smallest absolute Gasteiger partial charge is 0.252 e. The highest BCUT2D eigenvalue weighted by Crippen LogP contribution is 2.32. The molecule has 0 atom stereocenters. The van der Waals surface area contributed by atoms with Gasteiger partial charge in [0.25, 0.3) is 11.8 Å². The van der Waals surface area contributed by atoms with Crippen LogP contribution in [0.2, 0.25) is 0 Å². The zero-order chi connectivity index (χ0) is 24.2. The minimum absolute atomic E-state index is 0.137. The van der Waals surface area contributed by atoms with Crippen LogP contribution in [-0.2, 0) is 0 Å². The van der Waals surface area contributed by atoms with Crippen molar-refractivity contribution in [2.24, 2.45) is 11.8 Å². The monoisotopic (exact) mass is 460 g/mol. The number of aldehydes is 1.